The number of nitrogens with zero attached hydrogens (tertiary/aromatic N) is 1. The van der Waals surface area contributed by atoms with Crippen molar-refractivity contribution < 1.29 is 13.2 Å². The maximum atomic E-state index is 11.7. The summed E-state index contributed by atoms with van der Waals surface area (Å²) >= 11 is 0. The Balaban J connectivity index is 1.62. The molecule has 2 saturated carbocycles. The summed E-state index contributed by atoms with van der Waals surface area (Å²) in [5.41, 5.74) is 0. The van der Waals surface area contributed by atoms with Gasteiger partial charge in [0, 0.05) is 19.0 Å². The van der Waals surface area contributed by atoms with E-state index in [9.17, 15) is 13.2 Å². The van der Waals surface area contributed by atoms with Gasteiger partial charge < -0.3 is 4.90 Å². The van der Waals surface area contributed by atoms with Crippen LogP contribution in [0.1, 0.15) is 6.42 Å². The Morgan fingerprint density at radius 2 is 1.71 bits per heavy atom. The van der Waals surface area contributed by atoms with Gasteiger partial charge >= 0.3 is 0 Å². The smallest absolute Gasteiger partial charge is 0.226 e. The van der Waals surface area contributed by atoms with E-state index in [1.807, 2.05) is 0 Å². The maximum Gasteiger partial charge on any atom is 0.226 e. The number of fused-ring (bicyclic) bond motifs is 1. The van der Waals surface area contributed by atoms with Crippen molar-refractivity contribution in [3.05, 3.63) is 0 Å². The lowest BCUT2D eigenvalue weighted by Gasteiger charge is -2.27. The van der Waals surface area contributed by atoms with Crippen molar-refractivity contribution in [3.63, 3.8) is 0 Å². The fourth-order valence-corrected chi connectivity index (χ4v) is 3.49. The van der Waals surface area contributed by atoms with Crippen molar-refractivity contribution >= 4 is 15.7 Å². The van der Waals surface area contributed by atoms with Gasteiger partial charge in [-0.2, -0.15) is 0 Å². The standard InChI is InChI=1S/C9H13NO3S/c11-9(8-6-5-7(6)8)10-1-3-14(12,13)4-2-10/h6-8H,1-5H2. The van der Waals surface area contributed by atoms with Gasteiger partial charge in [-0.05, 0) is 18.3 Å². The van der Waals surface area contributed by atoms with E-state index in [0.29, 0.717) is 24.9 Å². The van der Waals surface area contributed by atoms with Gasteiger partial charge in [0.05, 0.1) is 11.5 Å². The second-order valence-corrected chi connectivity index (χ2v) is 6.87. The lowest BCUT2D eigenvalue weighted by Crippen LogP contribution is -2.45. The van der Waals surface area contributed by atoms with Gasteiger partial charge in [0.25, 0.3) is 0 Å². The molecule has 3 rings (SSSR count). The Bertz CT molecular complexity index is 367. The zero-order chi connectivity index (χ0) is 9.92. The monoisotopic (exact) mass is 215 g/mol. The number of rotatable bonds is 1. The van der Waals surface area contributed by atoms with Crippen LogP contribution >= 0.6 is 0 Å². The third kappa shape index (κ3) is 1.26. The van der Waals surface area contributed by atoms with Crippen molar-refractivity contribution in [2.75, 3.05) is 24.6 Å². The predicted molar refractivity (Wildman–Crippen MR) is 50.3 cm³/mol. The third-order valence-electron chi connectivity index (χ3n) is 3.61. The van der Waals surface area contributed by atoms with E-state index in [1.54, 1.807) is 4.90 Å². The molecule has 2 atom stereocenters. The minimum atomic E-state index is -2.85. The van der Waals surface area contributed by atoms with E-state index >= 15 is 0 Å². The molecule has 2 unspecified atom stereocenters. The van der Waals surface area contributed by atoms with Gasteiger partial charge in [0.15, 0.2) is 9.84 Å². The number of hydrogen-bond acceptors (Lipinski definition) is 3. The quantitative estimate of drug-likeness (QED) is 0.593. The molecule has 1 saturated heterocycles. The molecule has 0 spiro atoms. The van der Waals surface area contributed by atoms with Crippen LogP contribution in [-0.4, -0.2) is 43.8 Å². The molecule has 3 aliphatic rings. The lowest BCUT2D eigenvalue weighted by atomic mass is 10.1. The highest BCUT2D eigenvalue weighted by Crippen LogP contribution is 2.68. The minimum absolute atomic E-state index is 0.154. The van der Waals surface area contributed by atoms with Crippen LogP contribution in [-0.2, 0) is 14.6 Å². The minimum Gasteiger partial charge on any atom is -0.340 e. The van der Waals surface area contributed by atoms with E-state index in [4.69, 9.17) is 0 Å². The molecule has 0 N–H and O–H groups in total. The first-order valence-corrected chi connectivity index (χ1v) is 6.90. The first kappa shape index (κ1) is 8.71. The van der Waals surface area contributed by atoms with Crippen LogP contribution in [0.2, 0.25) is 0 Å². The van der Waals surface area contributed by atoms with Crippen molar-refractivity contribution in [3.8, 4) is 0 Å². The van der Waals surface area contributed by atoms with Crippen LogP contribution in [0.25, 0.3) is 0 Å². The SMILES string of the molecule is O=C(C1C2CC21)N1CCS(=O)(=O)CC1. The topological polar surface area (TPSA) is 54.5 Å². The molecule has 0 aromatic rings. The Labute approximate surface area is 83.2 Å². The Morgan fingerprint density at radius 3 is 2.14 bits per heavy atom. The number of carbonyl (C=O) groups is 1. The predicted octanol–water partition coefficient (Wildman–Crippen LogP) is -0.491. The second-order valence-electron chi connectivity index (χ2n) is 4.57. The summed E-state index contributed by atoms with van der Waals surface area (Å²) in [7, 11) is -2.85. The van der Waals surface area contributed by atoms with Crippen molar-refractivity contribution in [1.82, 2.24) is 4.90 Å². The van der Waals surface area contributed by atoms with Crippen LogP contribution in [0.3, 0.4) is 0 Å². The van der Waals surface area contributed by atoms with Gasteiger partial charge in [-0.3, -0.25) is 4.79 Å². The molecule has 3 fully saturated rings. The molecule has 1 aliphatic heterocycles. The highest BCUT2D eigenvalue weighted by Gasteiger charge is 2.68. The summed E-state index contributed by atoms with van der Waals surface area (Å²) in [4.78, 5) is 13.5. The first-order valence-electron chi connectivity index (χ1n) is 5.08. The van der Waals surface area contributed by atoms with E-state index < -0.39 is 9.84 Å². The molecule has 1 amide bonds. The average Bonchev–Trinajstić information content (AvgIpc) is 2.90. The Morgan fingerprint density at radius 1 is 1.14 bits per heavy atom. The highest BCUT2D eigenvalue weighted by atomic mass is 32.2. The van der Waals surface area contributed by atoms with Crippen LogP contribution < -0.4 is 0 Å². The van der Waals surface area contributed by atoms with E-state index in [0.717, 1.165) is 0 Å². The van der Waals surface area contributed by atoms with Crippen molar-refractivity contribution in [2.45, 2.75) is 6.42 Å². The van der Waals surface area contributed by atoms with Crippen LogP contribution in [0, 0.1) is 17.8 Å². The van der Waals surface area contributed by atoms with Gasteiger partial charge in [0.2, 0.25) is 5.91 Å². The van der Waals surface area contributed by atoms with E-state index in [1.165, 1.54) is 6.42 Å². The zero-order valence-corrected chi connectivity index (χ0v) is 8.66. The molecular formula is C9H13NO3S. The first-order chi connectivity index (χ1) is 6.58. The Kier molecular flexibility index (Phi) is 1.56. The number of carbonyl (C=O) groups excluding carboxylic acids is 1. The van der Waals surface area contributed by atoms with Crippen LogP contribution in [0.5, 0.6) is 0 Å². The van der Waals surface area contributed by atoms with Crippen molar-refractivity contribution in [2.24, 2.45) is 17.8 Å². The maximum absolute atomic E-state index is 11.7. The average molecular weight is 215 g/mol. The molecule has 4 nitrogen and oxygen atoms in total. The van der Waals surface area contributed by atoms with Crippen LogP contribution in [0.15, 0.2) is 0 Å². The summed E-state index contributed by atoms with van der Waals surface area (Å²) in [5.74, 6) is 2.13. The summed E-state index contributed by atoms with van der Waals surface area (Å²) in [6, 6.07) is 0. The largest absolute Gasteiger partial charge is 0.340 e. The fourth-order valence-electron chi connectivity index (χ4n) is 2.29. The summed E-state index contributed by atoms with van der Waals surface area (Å²) < 4.78 is 22.3. The van der Waals surface area contributed by atoms with Gasteiger partial charge in [-0.25, -0.2) is 8.42 Å². The zero-order valence-electron chi connectivity index (χ0n) is 7.85. The number of amides is 1. The highest BCUT2D eigenvalue weighted by molar-refractivity contribution is 7.91. The molecule has 78 valence electrons. The lowest BCUT2D eigenvalue weighted by molar-refractivity contribution is -0.133. The third-order valence-corrected chi connectivity index (χ3v) is 5.22. The van der Waals surface area contributed by atoms with Crippen LogP contribution in [0.4, 0.5) is 0 Å². The summed E-state index contributed by atoms with van der Waals surface area (Å²) in [6.45, 7) is 0.828. The molecule has 0 bridgehead atoms. The molecule has 1 heterocycles. The molecule has 5 heteroatoms. The fraction of sp³-hybridized carbons (Fsp3) is 0.889. The molecule has 0 aromatic carbocycles. The van der Waals surface area contributed by atoms with Crippen molar-refractivity contribution in [1.29, 1.82) is 0 Å². The number of sulfone groups is 1. The van der Waals surface area contributed by atoms with E-state index in [-0.39, 0.29) is 23.3 Å². The molecule has 0 radical (unpaired) electrons. The van der Waals surface area contributed by atoms with Gasteiger partial charge in [0.1, 0.15) is 0 Å². The molecule has 14 heavy (non-hydrogen) atoms. The summed E-state index contributed by atoms with van der Waals surface area (Å²) in [6.07, 6.45) is 1.22. The second kappa shape index (κ2) is 2.51. The normalized spacial score (nSPS) is 42.9. The van der Waals surface area contributed by atoms with E-state index in [2.05, 4.69) is 0 Å². The molecule has 0 aromatic heterocycles. The number of hydrogen-bond donors (Lipinski definition) is 0. The molecular weight excluding hydrogens is 202 g/mol. The summed E-state index contributed by atoms with van der Waals surface area (Å²) in [5, 5.41) is 0. The van der Waals surface area contributed by atoms with Gasteiger partial charge in [-0.1, -0.05) is 0 Å². The molecule has 2 aliphatic carbocycles. The Hall–Kier alpha value is -0.580. The van der Waals surface area contributed by atoms with Gasteiger partial charge in [-0.15, -0.1) is 0 Å².